The van der Waals surface area contributed by atoms with Crippen molar-refractivity contribution in [1.29, 1.82) is 0 Å². The maximum Gasteiger partial charge on any atom is 0.303 e. The van der Waals surface area contributed by atoms with E-state index in [-0.39, 0.29) is 6.42 Å². The minimum Gasteiger partial charge on any atom is -0.481 e. The van der Waals surface area contributed by atoms with Gasteiger partial charge in [0.05, 0.1) is 0 Å². The van der Waals surface area contributed by atoms with Crippen molar-refractivity contribution >= 4 is 24.0 Å². The summed E-state index contributed by atoms with van der Waals surface area (Å²) in [6.07, 6.45) is 0.225. The maximum absolute atomic E-state index is 10.1. The Hall–Kier alpha value is -0.136. The van der Waals surface area contributed by atoms with Crippen molar-refractivity contribution in [2.75, 3.05) is 0 Å². The minimum absolute atomic E-state index is 0.225. The van der Waals surface area contributed by atoms with Crippen LogP contribution in [0.4, 0.5) is 0 Å². The predicted molar refractivity (Wildman–Crippen MR) is 47.2 cm³/mol. The van der Waals surface area contributed by atoms with Crippen molar-refractivity contribution in [3.8, 4) is 0 Å². The third kappa shape index (κ3) is 9.86. The Morgan fingerprint density at radius 2 is 2.09 bits per heavy atom. The smallest absolute Gasteiger partial charge is 0.303 e. The first-order chi connectivity index (χ1) is 4.92. The Morgan fingerprint density at radius 3 is 2.45 bits per heavy atom. The van der Waals surface area contributed by atoms with Gasteiger partial charge >= 0.3 is 5.97 Å². The van der Waals surface area contributed by atoms with Gasteiger partial charge in [0.15, 0.2) is 8.32 Å². The average Bonchev–Trinajstić information content (AvgIpc) is 1.78. The highest BCUT2D eigenvalue weighted by atomic mass is 28.4. The van der Waals surface area contributed by atoms with Gasteiger partial charge in [0.1, 0.15) is 0 Å². The third-order valence-corrected chi connectivity index (χ3v) is 4.30. The summed E-state index contributed by atoms with van der Waals surface area (Å²) in [6, 6.07) is 0.652. The van der Waals surface area contributed by atoms with Crippen LogP contribution in [0.3, 0.4) is 0 Å². The first-order valence-electron chi connectivity index (χ1n) is 3.54. The zero-order valence-electron chi connectivity index (χ0n) is 7.18. The molecule has 0 aliphatic heterocycles. The fraction of sp³-hybridized carbons (Fsp3) is 0.833. The number of carboxylic acid groups (broad SMARTS) is 1. The Balaban J connectivity index is 3.22. The lowest BCUT2D eigenvalue weighted by molar-refractivity contribution is -0.136. The molecule has 5 heteroatoms. The van der Waals surface area contributed by atoms with Crippen molar-refractivity contribution in [2.24, 2.45) is 0 Å². The summed E-state index contributed by atoms with van der Waals surface area (Å²) in [7, 11) is -1.05. The molecule has 64 valence electrons. The number of hydrogen-bond donors (Lipinski definition) is 1. The zero-order valence-corrected chi connectivity index (χ0v) is 9.18. The lowest BCUT2D eigenvalue weighted by atomic mass is 10.5. The van der Waals surface area contributed by atoms with Gasteiger partial charge in [-0.05, 0) is 25.7 Å². The molecule has 0 aliphatic carbocycles. The van der Waals surface area contributed by atoms with E-state index in [0.29, 0.717) is 15.8 Å². The summed E-state index contributed by atoms with van der Waals surface area (Å²) in [5.41, 5.74) is 0. The van der Waals surface area contributed by atoms with Gasteiger partial charge < -0.3 is 9.22 Å². The lowest BCUT2D eigenvalue weighted by Gasteiger charge is -2.15. The lowest BCUT2D eigenvalue weighted by Crippen LogP contribution is -2.27. The molecule has 0 aromatic carbocycles. The summed E-state index contributed by atoms with van der Waals surface area (Å²) in [5, 5.41) is 8.30. The van der Waals surface area contributed by atoms with E-state index in [0.717, 1.165) is 0 Å². The molecule has 0 saturated heterocycles. The van der Waals surface area contributed by atoms with E-state index >= 15 is 0 Å². The second kappa shape index (κ2) is 4.68. The molecule has 3 nitrogen and oxygen atoms in total. The highest BCUT2D eigenvalue weighted by molar-refractivity contribution is 6.73. The van der Waals surface area contributed by atoms with Crippen LogP contribution in [-0.2, 0) is 8.91 Å². The van der Waals surface area contributed by atoms with E-state index in [1.807, 2.05) is 0 Å². The van der Waals surface area contributed by atoms with Crippen molar-refractivity contribution in [2.45, 2.75) is 32.1 Å². The zero-order chi connectivity index (χ0) is 8.91. The van der Waals surface area contributed by atoms with Gasteiger partial charge in [-0.15, -0.1) is 0 Å². The molecule has 0 fully saturated rings. The summed E-state index contributed by atoms with van der Waals surface area (Å²) in [6.45, 7) is 6.29. The van der Waals surface area contributed by atoms with Crippen LogP contribution >= 0.6 is 0 Å². The fourth-order valence-electron chi connectivity index (χ4n) is 0.426. The standard InChI is InChI=1S/C6H14O3Si2/c1-11(2,3)9-10-5-4-6(7)8/h4-5H2,1-3H3,(H,7,8). The van der Waals surface area contributed by atoms with Gasteiger partial charge in [0.25, 0.3) is 0 Å². The molecular weight excluding hydrogens is 176 g/mol. The molecule has 0 heterocycles. The second-order valence-corrected chi connectivity index (χ2v) is 9.08. The van der Waals surface area contributed by atoms with Crippen LogP contribution in [0.1, 0.15) is 6.42 Å². The van der Waals surface area contributed by atoms with Gasteiger partial charge in [-0.2, -0.15) is 0 Å². The SMILES string of the molecule is C[Si](C)(C)O[Si]CCC(=O)O. The van der Waals surface area contributed by atoms with Crippen LogP contribution in [0.2, 0.25) is 25.7 Å². The van der Waals surface area contributed by atoms with E-state index in [1.165, 1.54) is 0 Å². The summed E-state index contributed by atoms with van der Waals surface area (Å²) >= 11 is 0. The van der Waals surface area contributed by atoms with Gasteiger partial charge in [0, 0.05) is 6.42 Å². The Kier molecular flexibility index (Phi) is 4.63. The van der Waals surface area contributed by atoms with Crippen LogP contribution in [0.15, 0.2) is 0 Å². The molecule has 0 amide bonds. The number of rotatable bonds is 5. The molecule has 0 atom stereocenters. The number of carboxylic acids is 1. The molecule has 0 rings (SSSR count). The Bertz CT molecular complexity index is 130. The van der Waals surface area contributed by atoms with Gasteiger partial charge in [0.2, 0.25) is 9.76 Å². The van der Waals surface area contributed by atoms with Gasteiger partial charge in [-0.25, -0.2) is 0 Å². The second-order valence-electron chi connectivity index (χ2n) is 3.25. The predicted octanol–water partition coefficient (Wildman–Crippen LogP) is 1.35. The minimum atomic E-state index is -1.41. The van der Waals surface area contributed by atoms with E-state index < -0.39 is 14.3 Å². The Morgan fingerprint density at radius 1 is 1.55 bits per heavy atom. The molecule has 0 bridgehead atoms. The van der Waals surface area contributed by atoms with Crippen molar-refractivity contribution in [3.63, 3.8) is 0 Å². The topological polar surface area (TPSA) is 46.5 Å². The number of carbonyl (C=O) groups is 1. The molecule has 0 aromatic rings. The summed E-state index contributed by atoms with van der Waals surface area (Å²) in [5.74, 6) is -0.739. The van der Waals surface area contributed by atoms with Crippen LogP contribution in [0, 0.1) is 0 Å². The van der Waals surface area contributed by atoms with E-state index in [9.17, 15) is 4.79 Å². The first-order valence-corrected chi connectivity index (χ1v) is 8.07. The van der Waals surface area contributed by atoms with Crippen LogP contribution in [0.25, 0.3) is 0 Å². The van der Waals surface area contributed by atoms with Gasteiger partial charge in [-0.1, -0.05) is 0 Å². The summed E-state index contributed by atoms with van der Waals surface area (Å²) in [4.78, 5) is 10.1. The fourth-order valence-corrected chi connectivity index (χ4v) is 2.88. The average molecular weight is 190 g/mol. The molecule has 0 aliphatic rings. The summed E-state index contributed by atoms with van der Waals surface area (Å²) < 4.78 is 5.48. The van der Waals surface area contributed by atoms with Crippen molar-refractivity contribution in [3.05, 3.63) is 0 Å². The maximum atomic E-state index is 10.1. The largest absolute Gasteiger partial charge is 0.481 e. The molecule has 0 aromatic heterocycles. The molecule has 11 heavy (non-hydrogen) atoms. The molecule has 1 N–H and O–H groups in total. The van der Waals surface area contributed by atoms with Crippen molar-refractivity contribution in [1.82, 2.24) is 0 Å². The number of hydrogen-bond acceptors (Lipinski definition) is 2. The highest BCUT2D eigenvalue weighted by Crippen LogP contribution is 2.02. The quantitative estimate of drug-likeness (QED) is 0.526. The van der Waals surface area contributed by atoms with Gasteiger partial charge in [-0.3, -0.25) is 4.79 Å². The molecule has 0 saturated carbocycles. The molecule has 0 spiro atoms. The van der Waals surface area contributed by atoms with Crippen LogP contribution < -0.4 is 0 Å². The van der Waals surface area contributed by atoms with E-state index in [1.54, 1.807) is 0 Å². The monoisotopic (exact) mass is 190 g/mol. The molecule has 2 radical (unpaired) electrons. The van der Waals surface area contributed by atoms with E-state index in [2.05, 4.69) is 19.6 Å². The molecular formula is C6H14O3Si2. The normalized spacial score (nSPS) is 11.5. The van der Waals surface area contributed by atoms with Crippen LogP contribution in [-0.4, -0.2) is 29.2 Å². The first kappa shape index (κ1) is 10.9. The Labute approximate surface area is 70.8 Å². The number of aliphatic carboxylic acids is 1. The van der Waals surface area contributed by atoms with E-state index in [4.69, 9.17) is 9.22 Å². The van der Waals surface area contributed by atoms with Crippen LogP contribution in [0.5, 0.6) is 0 Å². The van der Waals surface area contributed by atoms with Crippen molar-refractivity contribution < 1.29 is 14.0 Å². The highest BCUT2D eigenvalue weighted by Gasteiger charge is 2.13. The third-order valence-electron chi connectivity index (χ3n) is 0.819. The molecule has 0 unspecified atom stereocenters.